The van der Waals surface area contributed by atoms with Crippen LogP contribution >= 0.6 is 0 Å². The van der Waals surface area contributed by atoms with Gasteiger partial charge in [-0.05, 0) is 35.9 Å². The number of nitrogens with one attached hydrogen (secondary N) is 1. The van der Waals surface area contributed by atoms with Crippen molar-refractivity contribution in [2.45, 2.75) is 0 Å². The van der Waals surface area contributed by atoms with Gasteiger partial charge in [0.05, 0.1) is 10.5 Å². The van der Waals surface area contributed by atoms with Crippen LogP contribution in [0.1, 0.15) is 10.4 Å². The Kier molecular flexibility index (Phi) is 5.36. The molecule has 0 atom stereocenters. The summed E-state index contributed by atoms with van der Waals surface area (Å²) in [7, 11) is 5.22. The number of fused-ring (bicyclic) bond motifs is 1. The van der Waals surface area contributed by atoms with Crippen molar-refractivity contribution in [3.05, 3.63) is 82.2 Å². The fraction of sp³-hybridized carbons (Fsp3) is 0.125. The van der Waals surface area contributed by atoms with Gasteiger partial charge in [-0.3, -0.25) is 14.9 Å². The number of rotatable bonds is 5. The quantitative estimate of drug-likeness (QED) is 0.343. The predicted molar refractivity (Wildman–Crippen MR) is 121 cm³/mol. The number of furan rings is 1. The van der Waals surface area contributed by atoms with E-state index in [2.05, 4.69) is 5.32 Å². The molecule has 1 N–H and O–H groups in total. The van der Waals surface area contributed by atoms with E-state index in [1.165, 1.54) is 31.3 Å². The van der Waals surface area contributed by atoms with E-state index in [9.17, 15) is 19.3 Å². The molecule has 3 aromatic carbocycles. The number of hydrogen-bond acceptors (Lipinski definition) is 5. The molecule has 7 nitrogen and oxygen atoms in total. The Labute approximate surface area is 183 Å². The second-order valence-corrected chi connectivity index (χ2v) is 7.46. The van der Waals surface area contributed by atoms with Crippen molar-refractivity contribution in [2.75, 3.05) is 26.0 Å². The largest absolute Gasteiger partial charge is 0.455 e. The summed E-state index contributed by atoms with van der Waals surface area (Å²) in [6, 6.07) is 15.6. The van der Waals surface area contributed by atoms with Crippen LogP contribution in [0.3, 0.4) is 0 Å². The molecule has 0 aliphatic rings. The average molecular weight is 433 g/mol. The second kappa shape index (κ2) is 8.14. The fourth-order valence-corrected chi connectivity index (χ4v) is 3.68. The zero-order valence-electron chi connectivity index (χ0n) is 17.7. The van der Waals surface area contributed by atoms with Crippen LogP contribution in [0, 0.1) is 15.9 Å². The second-order valence-electron chi connectivity index (χ2n) is 7.46. The highest BCUT2D eigenvalue weighted by molar-refractivity contribution is 6.12. The first kappa shape index (κ1) is 21.0. The molecule has 0 fully saturated rings. The van der Waals surface area contributed by atoms with Crippen molar-refractivity contribution in [2.24, 2.45) is 0 Å². The van der Waals surface area contributed by atoms with Crippen molar-refractivity contribution in [3.8, 4) is 22.5 Å². The summed E-state index contributed by atoms with van der Waals surface area (Å²) in [5, 5.41) is 14.5. The van der Waals surface area contributed by atoms with Gasteiger partial charge in [-0.15, -0.1) is 0 Å². The molecule has 8 heteroatoms. The maximum Gasteiger partial charge on any atom is 0.270 e. The molecule has 1 aromatic heterocycles. The molecule has 0 spiro atoms. The number of nitrogens with zero attached hydrogens (tertiary/aromatic N) is 2. The number of carbonyl (C=O) groups excluding carboxylic acids is 1. The molecule has 0 saturated heterocycles. The van der Waals surface area contributed by atoms with Crippen LogP contribution < -0.4 is 10.2 Å². The highest BCUT2D eigenvalue weighted by atomic mass is 19.1. The number of hydrogen-bond donors (Lipinski definition) is 1. The van der Waals surface area contributed by atoms with Gasteiger partial charge in [0.25, 0.3) is 11.6 Å². The molecule has 0 saturated carbocycles. The summed E-state index contributed by atoms with van der Waals surface area (Å²) in [5.41, 5.74) is 3.43. The predicted octanol–water partition coefficient (Wildman–Crippen LogP) is 5.24. The van der Waals surface area contributed by atoms with Crippen LogP contribution in [-0.2, 0) is 0 Å². The number of anilines is 1. The minimum absolute atomic E-state index is 0.0296. The van der Waals surface area contributed by atoms with E-state index in [4.69, 9.17) is 4.42 Å². The van der Waals surface area contributed by atoms with Crippen LogP contribution in [0.5, 0.6) is 0 Å². The van der Waals surface area contributed by atoms with E-state index in [-0.39, 0.29) is 11.6 Å². The molecule has 0 unspecified atom stereocenters. The van der Waals surface area contributed by atoms with Crippen LogP contribution in [0.15, 0.2) is 65.1 Å². The molecule has 32 heavy (non-hydrogen) atoms. The van der Waals surface area contributed by atoms with Crippen molar-refractivity contribution >= 4 is 28.3 Å². The molecule has 4 rings (SSSR count). The van der Waals surface area contributed by atoms with Gasteiger partial charge in [0.1, 0.15) is 17.2 Å². The normalized spacial score (nSPS) is 10.9. The molecule has 0 bridgehead atoms. The van der Waals surface area contributed by atoms with Crippen LogP contribution in [-0.4, -0.2) is 32.0 Å². The van der Waals surface area contributed by atoms with Gasteiger partial charge in [0, 0.05) is 61.5 Å². The molecule has 1 heterocycles. The third-order valence-corrected chi connectivity index (χ3v) is 5.22. The standard InChI is InChI=1S/C24H20FN3O4/c1-26-24(29)22-19-12-18(15-5-4-6-17(11-15)28(30)31)20(27(2)3)13-21(19)32-23(22)14-7-9-16(25)10-8-14/h4-13H,1-3H3,(H,26,29). The summed E-state index contributed by atoms with van der Waals surface area (Å²) < 4.78 is 19.5. The number of nitro benzene ring substituents is 1. The first-order valence-electron chi connectivity index (χ1n) is 9.81. The fourth-order valence-electron chi connectivity index (χ4n) is 3.68. The van der Waals surface area contributed by atoms with E-state index < -0.39 is 10.7 Å². The SMILES string of the molecule is CNC(=O)c1c(-c2ccc(F)cc2)oc2cc(N(C)C)c(-c3cccc([N+](=O)[O-])c3)cc12. The Morgan fingerprint density at radius 1 is 1.06 bits per heavy atom. The molecular weight excluding hydrogens is 413 g/mol. The lowest BCUT2D eigenvalue weighted by Crippen LogP contribution is -2.18. The summed E-state index contributed by atoms with van der Waals surface area (Å²) >= 11 is 0. The van der Waals surface area contributed by atoms with Crippen molar-refractivity contribution < 1.29 is 18.5 Å². The molecule has 0 aliphatic carbocycles. The Morgan fingerprint density at radius 2 is 1.78 bits per heavy atom. The Hall–Kier alpha value is -4.20. The van der Waals surface area contributed by atoms with E-state index in [1.54, 1.807) is 36.4 Å². The van der Waals surface area contributed by atoms with Gasteiger partial charge in [0.15, 0.2) is 0 Å². The Balaban J connectivity index is 2.03. The van der Waals surface area contributed by atoms with Gasteiger partial charge in [0.2, 0.25) is 0 Å². The van der Waals surface area contributed by atoms with Gasteiger partial charge in [-0.1, -0.05) is 12.1 Å². The zero-order chi connectivity index (χ0) is 23.0. The van der Waals surface area contributed by atoms with E-state index in [0.717, 1.165) is 5.69 Å². The van der Waals surface area contributed by atoms with Crippen molar-refractivity contribution in [1.82, 2.24) is 5.32 Å². The lowest BCUT2D eigenvalue weighted by Gasteiger charge is -2.18. The first-order valence-corrected chi connectivity index (χ1v) is 9.81. The van der Waals surface area contributed by atoms with Gasteiger partial charge >= 0.3 is 0 Å². The molecule has 0 aliphatic heterocycles. The van der Waals surface area contributed by atoms with Crippen molar-refractivity contribution in [1.29, 1.82) is 0 Å². The Bertz CT molecular complexity index is 1340. The Morgan fingerprint density at radius 3 is 2.41 bits per heavy atom. The van der Waals surface area contributed by atoms with Crippen molar-refractivity contribution in [3.63, 3.8) is 0 Å². The minimum Gasteiger partial charge on any atom is -0.455 e. The lowest BCUT2D eigenvalue weighted by molar-refractivity contribution is -0.384. The number of nitro groups is 1. The lowest BCUT2D eigenvalue weighted by atomic mass is 9.98. The van der Waals surface area contributed by atoms with E-state index in [1.807, 2.05) is 19.0 Å². The van der Waals surface area contributed by atoms with Gasteiger partial charge < -0.3 is 14.6 Å². The average Bonchev–Trinajstić information content (AvgIpc) is 3.16. The third kappa shape index (κ3) is 3.66. The molecule has 162 valence electrons. The molecule has 0 radical (unpaired) electrons. The maximum absolute atomic E-state index is 13.4. The smallest absolute Gasteiger partial charge is 0.270 e. The van der Waals surface area contributed by atoms with Gasteiger partial charge in [-0.25, -0.2) is 4.39 Å². The van der Waals surface area contributed by atoms with Crippen LogP contribution in [0.4, 0.5) is 15.8 Å². The molecule has 4 aromatic rings. The van der Waals surface area contributed by atoms with Gasteiger partial charge in [-0.2, -0.15) is 0 Å². The molecular formula is C24H20FN3O4. The van der Waals surface area contributed by atoms with E-state index in [0.29, 0.717) is 39.0 Å². The number of halogens is 1. The van der Waals surface area contributed by atoms with E-state index >= 15 is 0 Å². The highest BCUT2D eigenvalue weighted by Crippen LogP contribution is 2.41. The van der Waals surface area contributed by atoms with Crippen LogP contribution in [0.2, 0.25) is 0 Å². The number of non-ortho nitro benzene ring substituents is 1. The monoisotopic (exact) mass is 433 g/mol. The number of benzene rings is 3. The van der Waals surface area contributed by atoms with Crippen LogP contribution in [0.25, 0.3) is 33.4 Å². The third-order valence-electron chi connectivity index (χ3n) is 5.22. The highest BCUT2D eigenvalue weighted by Gasteiger charge is 2.24. The summed E-state index contributed by atoms with van der Waals surface area (Å²) in [4.78, 5) is 25.5. The molecule has 1 amide bonds. The minimum atomic E-state index is -0.447. The topological polar surface area (TPSA) is 88.6 Å². The number of amides is 1. The summed E-state index contributed by atoms with van der Waals surface area (Å²) in [6.45, 7) is 0. The maximum atomic E-state index is 13.4. The number of carbonyl (C=O) groups is 1. The zero-order valence-corrected chi connectivity index (χ0v) is 17.7. The summed E-state index contributed by atoms with van der Waals surface area (Å²) in [6.07, 6.45) is 0. The summed E-state index contributed by atoms with van der Waals surface area (Å²) in [5.74, 6) is -0.430. The first-order chi connectivity index (χ1) is 15.3.